The van der Waals surface area contributed by atoms with Gasteiger partial charge in [0.05, 0.1) is 11.0 Å². The first-order valence-corrected chi connectivity index (χ1v) is 7.03. The highest BCUT2D eigenvalue weighted by molar-refractivity contribution is 5.69. The summed E-state index contributed by atoms with van der Waals surface area (Å²) in [7, 11) is 0. The summed E-state index contributed by atoms with van der Waals surface area (Å²) in [6.07, 6.45) is 3.02. The van der Waals surface area contributed by atoms with Crippen molar-refractivity contribution in [3.63, 3.8) is 0 Å². The van der Waals surface area contributed by atoms with Crippen LogP contribution in [0.15, 0.2) is 18.2 Å². The molecule has 1 aromatic rings. The molecule has 6 heteroatoms. The SMILES string of the molecule is C[C@H](O)CNc1cc(N2CCCCC2)ccc1[N+](=O)[O-]. The van der Waals surface area contributed by atoms with Gasteiger partial charge < -0.3 is 15.3 Å². The third kappa shape index (κ3) is 3.60. The number of piperidine rings is 1. The zero-order valence-corrected chi connectivity index (χ0v) is 11.7. The van der Waals surface area contributed by atoms with Crippen molar-refractivity contribution in [1.29, 1.82) is 0 Å². The molecule has 2 N–H and O–H groups in total. The van der Waals surface area contributed by atoms with E-state index in [9.17, 15) is 15.2 Å². The Balaban J connectivity index is 2.22. The van der Waals surface area contributed by atoms with Gasteiger partial charge in [0.2, 0.25) is 0 Å². The molecule has 0 unspecified atom stereocenters. The number of hydrogen-bond donors (Lipinski definition) is 2. The summed E-state index contributed by atoms with van der Waals surface area (Å²) in [5.74, 6) is 0. The molecule has 1 saturated heterocycles. The molecule has 2 rings (SSSR count). The third-order valence-electron chi connectivity index (χ3n) is 3.49. The second kappa shape index (κ2) is 6.56. The van der Waals surface area contributed by atoms with E-state index in [2.05, 4.69) is 10.2 Å². The van der Waals surface area contributed by atoms with E-state index in [1.807, 2.05) is 6.07 Å². The van der Waals surface area contributed by atoms with E-state index in [4.69, 9.17) is 0 Å². The normalized spacial score (nSPS) is 16.8. The number of nitrogens with zero attached hydrogens (tertiary/aromatic N) is 2. The van der Waals surface area contributed by atoms with Gasteiger partial charge in [-0.15, -0.1) is 0 Å². The van der Waals surface area contributed by atoms with Gasteiger partial charge in [-0.2, -0.15) is 0 Å². The molecule has 20 heavy (non-hydrogen) atoms. The number of nitro groups is 1. The van der Waals surface area contributed by atoms with Crippen molar-refractivity contribution in [3.05, 3.63) is 28.3 Å². The van der Waals surface area contributed by atoms with E-state index in [0.717, 1.165) is 31.6 Å². The summed E-state index contributed by atoms with van der Waals surface area (Å²) in [6, 6.07) is 5.15. The van der Waals surface area contributed by atoms with Crippen LogP contribution in [0.25, 0.3) is 0 Å². The van der Waals surface area contributed by atoms with Gasteiger partial charge in [0, 0.05) is 31.4 Å². The van der Waals surface area contributed by atoms with Gasteiger partial charge in [-0.05, 0) is 38.3 Å². The Morgan fingerprint density at radius 2 is 2.10 bits per heavy atom. The van der Waals surface area contributed by atoms with Crippen LogP contribution in [0.5, 0.6) is 0 Å². The fourth-order valence-corrected chi connectivity index (χ4v) is 2.43. The Morgan fingerprint density at radius 3 is 2.70 bits per heavy atom. The average Bonchev–Trinajstić information content (AvgIpc) is 2.45. The quantitative estimate of drug-likeness (QED) is 0.639. The highest BCUT2D eigenvalue weighted by Gasteiger charge is 2.18. The van der Waals surface area contributed by atoms with Gasteiger partial charge in [0.1, 0.15) is 5.69 Å². The highest BCUT2D eigenvalue weighted by atomic mass is 16.6. The van der Waals surface area contributed by atoms with Crippen molar-refractivity contribution in [2.75, 3.05) is 29.9 Å². The molecule has 0 aromatic heterocycles. The molecule has 1 atom stereocenters. The molecular formula is C14H21N3O3. The van der Waals surface area contributed by atoms with Crippen LogP contribution in [0, 0.1) is 10.1 Å². The molecular weight excluding hydrogens is 258 g/mol. The van der Waals surface area contributed by atoms with Crippen molar-refractivity contribution < 1.29 is 10.0 Å². The van der Waals surface area contributed by atoms with Gasteiger partial charge in [0.25, 0.3) is 5.69 Å². The molecule has 0 saturated carbocycles. The fourth-order valence-electron chi connectivity index (χ4n) is 2.43. The lowest BCUT2D eigenvalue weighted by Crippen LogP contribution is -2.29. The standard InChI is InChI=1S/C14H21N3O3/c1-11(18)10-15-13-9-12(5-6-14(13)17(19)20)16-7-3-2-4-8-16/h5-6,9,11,15,18H,2-4,7-8,10H2,1H3/t11-/m0/s1. The van der Waals surface area contributed by atoms with Crippen molar-refractivity contribution in [1.82, 2.24) is 0 Å². The van der Waals surface area contributed by atoms with Crippen LogP contribution < -0.4 is 10.2 Å². The summed E-state index contributed by atoms with van der Waals surface area (Å²) in [5.41, 5.74) is 1.52. The van der Waals surface area contributed by atoms with Crippen LogP contribution in [0.1, 0.15) is 26.2 Å². The maximum Gasteiger partial charge on any atom is 0.292 e. The van der Waals surface area contributed by atoms with E-state index in [1.54, 1.807) is 13.0 Å². The predicted octanol–water partition coefficient (Wildman–Crippen LogP) is 2.38. The molecule has 0 radical (unpaired) electrons. The van der Waals surface area contributed by atoms with Crippen LogP contribution >= 0.6 is 0 Å². The van der Waals surface area contributed by atoms with Gasteiger partial charge in [-0.3, -0.25) is 10.1 Å². The first kappa shape index (κ1) is 14.6. The number of benzene rings is 1. The van der Waals surface area contributed by atoms with E-state index < -0.39 is 11.0 Å². The molecule has 1 heterocycles. The lowest BCUT2D eigenvalue weighted by atomic mass is 10.1. The Morgan fingerprint density at radius 1 is 1.40 bits per heavy atom. The first-order chi connectivity index (χ1) is 9.58. The Labute approximate surface area is 118 Å². The number of aliphatic hydroxyl groups excluding tert-OH is 1. The van der Waals surface area contributed by atoms with Crippen LogP contribution in [0.3, 0.4) is 0 Å². The monoisotopic (exact) mass is 279 g/mol. The minimum Gasteiger partial charge on any atom is -0.392 e. The van der Waals surface area contributed by atoms with Gasteiger partial charge in [0.15, 0.2) is 0 Å². The Bertz CT molecular complexity index is 471. The molecule has 0 bridgehead atoms. The number of hydrogen-bond acceptors (Lipinski definition) is 5. The number of aliphatic hydroxyl groups is 1. The maximum absolute atomic E-state index is 11.0. The number of anilines is 2. The smallest absolute Gasteiger partial charge is 0.292 e. The Hall–Kier alpha value is -1.82. The summed E-state index contributed by atoms with van der Waals surface area (Å²) < 4.78 is 0. The topological polar surface area (TPSA) is 78.6 Å². The van der Waals surface area contributed by atoms with E-state index in [1.165, 1.54) is 12.5 Å². The van der Waals surface area contributed by atoms with Crippen molar-refractivity contribution >= 4 is 17.1 Å². The van der Waals surface area contributed by atoms with E-state index in [0.29, 0.717) is 12.2 Å². The maximum atomic E-state index is 11.0. The van der Waals surface area contributed by atoms with Crippen molar-refractivity contribution in [3.8, 4) is 0 Å². The summed E-state index contributed by atoms with van der Waals surface area (Å²) in [6.45, 7) is 3.93. The largest absolute Gasteiger partial charge is 0.392 e. The van der Waals surface area contributed by atoms with Crippen molar-refractivity contribution in [2.24, 2.45) is 0 Å². The molecule has 110 valence electrons. The molecule has 1 aliphatic heterocycles. The lowest BCUT2D eigenvalue weighted by molar-refractivity contribution is -0.383. The van der Waals surface area contributed by atoms with Crippen molar-refractivity contribution in [2.45, 2.75) is 32.3 Å². The number of nitro benzene ring substituents is 1. The summed E-state index contributed by atoms with van der Waals surface area (Å²) >= 11 is 0. The molecule has 1 aromatic carbocycles. The summed E-state index contributed by atoms with van der Waals surface area (Å²) in [5, 5.41) is 23.3. The van der Waals surface area contributed by atoms with Crippen LogP contribution in [0.2, 0.25) is 0 Å². The fraction of sp³-hybridized carbons (Fsp3) is 0.571. The second-order valence-electron chi connectivity index (χ2n) is 5.24. The predicted molar refractivity (Wildman–Crippen MR) is 79.3 cm³/mol. The third-order valence-corrected chi connectivity index (χ3v) is 3.49. The minimum absolute atomic E-state index is 0.0476. The Kier molecular flexibility index (Phi) is 4.79. The van der Waals surface area contributed by atoms with Crippen LogP contribution in [0.4, 0.5) is 17.1 Å². The van der Waals surface area contributed by atoms with E-state index >= 15 is 0 Å². The molecule has 6 nitrogen and oxygen atoms in total. The summed E-state index contributed by atoms with van der Waals surface area (Å²) in [4.78, 5) is 12.9. The van der Waals surface area contributed by atoms with Crippen LogP contribution in [-0.2, 0) is 0 Å². The zero-order chi connectivity index (χ0) is 14.5. The van der Waals surface area contributed by atoms with E-state index in [-0.39, 0.29) is 5.69 Å². The first-order valence-electron chi connectivity index (χ1n) is 7.03. The lowest BCUT2D eigenvalue weighted by Gasteiger charge is -2.29. The zero-order valence-electron chi connectivity index (χ0n) is 11.7. The van der Waals surface area contributed by atoms with Crippen LogP contribution in [-0.4, -0.2) is 35.8 Å². The van der Waals surface area contributed by atoms with Gasteiger partial charge in [-0.1, -0.05) is 0 Å². The molecule has 0 aliphatic carbocycles. The molecule has 1 aliphatic rings. The molecule has 0 amide bonds. The van der Waals surface area contributed by atoms with Gasteiger partial charge >= 0.3 is 0 Å². The highest BCUT2D eigenvalue weighted by Crippen LogP contribution is 2.30. The molecule has 1 fully saturated rings. The van der Waals surface area contributed by atoms with Gasteiger partial charge in [-0.25, -0.2) is 0 Å². The molecule has 0 spiro atoms. The second-order valence-corrected chi connectivity index (χ2v) is 5.24. The number of nitrogens with one attached hydrogen (secondary N) is 1. The average molecular weight is 279 g/mol. The minimum atomic E-state index is -0.548. The number of rotatable bonds is 5.